The first kappa shape index (κ1) is 67.6. The van der Waals surface area contributed by atoms with E-state index in [1.165, 1.54) is 41.5 Å². The number of nitrogens with two attached hydrogens (primary N) is 2. The largest absolute Gasteiger partial charge is 0.480 e. The Labute approximate surface area is 354 Å². The second-order valence-corrected chi connectivity index (χ2v) is 21.6. The SMILES string of the molecule is C.CC(C)(F)CC(N)C(=O)NS(C)(=O)=O.CC(C)(F)CC(NC(=O)OC(C)(C)C)C(=O)NS(C)(=O)=O.CC(C)(F)CC(NC(=O)OC(C)(C)C)C(=O)O.CS(N)(=O)=O.Cl. The number of halogens is 4. The number of rotatable bonds is 13. The molecule has 0 spiro atoms. The van der Waals surface area contributed by atoms with Crippen LogP contribution in [0.1, 0.15) is 110 Å². The van der Waals surface area contributed by atoms with Crippen LogP contribution in [-0.4, -0.2) is 125 Å². The summed E-state index contributed by atoms with van der Waals surface area (Å²) in [5.74, 6) is -3.20. The Kier molecular flexibility index (Phi) is 30.0. The summed E-state index contributed by atoms with van der Waals surface area (Å²) in [7, 11) is -10.6. The fraction of sp³-hybridized carbons (Fsp3) is 0.844. The molecular formula is C32H68ClF3N6O14S3. The van der Waals surface area contributed by atoms with E-state index < -0.39 is 113 Å². The molecule has 0 saturated heterocycles. The molecule has 0 aliphatic carbocycles. The van der Waals surface area contributed by atoms with Crippen LogP contribution in [0.5, 0.6) is 0 Å². The van der Waals surface area contributed by atoms with E-state index in [9.17, 15) is 62.4 Å². The Bertz CT molecular complexity index is 1660. The van der Waals surface area contributed by atoms with Gasteiger partial charge in [-0.3, -0.25) is 19.0 Å². The Hall–Kier alpha value is -3.20. The molecule has 0 aliphatic rings. The molecule has 27 heteroatoms. The molecule has 3 unspecified atom stereocenters. The highest BCUT2D eigenvalue weighted by Crippen LogP contribution is 2.19. The number of alkyl halides is 3. The maximum Gasteiger partial charge on any atom is 0.408 e. The number of carbonyl (C=O) groups excluding carboxylic acids is 4. The number of hydrogen-bond acceptors (Lipinski definition) is 14. The molecule has 356 valence electrons. The van der Waals surface area contributed by atoms with Crippen molar-refractivity contribution in [2.24, 2.45) is 10.9 Å². The first-order chi connectivity index (χ1) is 24.5. The molecule has 20 nitrogen and oxygen atoms in total. The first-order valence-corrected chi connectivity index (χ1v) is 22.3. The molecule has 0 aromatic heterocycles. The van der Waals surface area contributed by atoms with Crippen LogP contribution in [0, 0.1) is 0 Å². The monoisotopic (exact) mass is 948 g/mol. The quantitative estimate of drug-likeness (QED) is 0.140. The number of ether oxygens (including phenoxy) is 2. The summed E-state index contributed by atoms with van der Waals surface area (Å²) >= 11 is 0. The van der Waals surface area contributed by atoms with E-state index in [-0.39, 0.29) is 32.7 Å². The molecule has 0 fully saturated rings. The Morgan fingerprint density at radius 1 is 0.593 bits per heavy atom. The molecule has 3 atom stereocenters. The zero-order valence-electron chi connectivity index (χ0n) is 35.5. The van der Waals surface area contributed by atoms with E-state index in [2.05, 4.69) is 15.8 Å². The van der Waals surface area contributed by atoms with Crippen molar-refractivity contribution in [2.45, 2.75) is 156 Å². The van der Waals surface area contributed by atoms with Crippen LogP contribution in [0.15, 0.2) is 0 Å². The van der Waals surface area contributed by atoms with Crippen molar-refractivity contribution in [3.8, 4) is 0 Å². The molecule has 0 saturated carbocycles. The number of amides is 4. The van der Waals surface area contributed by atoms with Crippen LogP contribution >= 0.6 is 12.4 Å². The number of hydrogen-bond donors (Lipinski definition) is 7. The second kappa shape index (κ2) is 26.2. The van der Waals surface area contributed by atoms with E-state index in [1.54, 1.807) is 51.0 Å². The number of primary sulfonamides is 1. The smallest absolute Gasteiger partial charge is 0.408 e. The third-order valence-electron chi connectivity index (χ3n) is 4.99. The highest BCUT2D eigenvalue weighted by atomic mass is 35.5. The average Bonchev–Trinajstić information content (AvgIpc) is 2.80. The topological polar surface area (TPSA) is 327 Å². The summed E-state index contributed by atoms with van der Waals surface area (Å²) in [6, 6.07) is -3.83. The van der Waals surface area contributed by atoms with Crippen molar-refractivity contribution < 1.29 is 77.0 Å². The van der Waals surface area contributed by atoms with Crippen LogP contribution in [0.3, 0.4) is 0 Å². The summed E-state index contributed by atoms with van der Waals surface area (Å²) in [6.07, 6.45) is -0.181. The minimum Gasteiger partial charge on any atom is -0.480 e. The van der Waals surface area contributed by atoms with Crippen molar-refractivity contribution in [3.05, 3.63) is 0 Å². The highest BCUT2D eigenvalue weighted by Gasteiger charge is 2.33. The number of carbonyl (C=O) groups is 5. The van der Waals surface area contributed by atoms with E-state index in [1.807, 2.05) is 0 Å². The van der Waals surface area contributed by atoms with E-state index >= 15 is 0 Å². The Morgan fingerprint density at radius 2 is 0.847 bits per heavy atom. The summed E-state index contributed by atoms with van der Waals surface area (Å²) in [4.78, 5) is 56.7. The van der Waals surface area contributed by atoms with Gasteiger partial charge in [0.25, 0.3) is 5.91 Å². The van der Waals surface area contributed by atoms with Gasteiger partial charge in [0.05, 0.1) is 24.8 Å². The number of alkyl carbamates (subject to hydrolysis) is 2. The molecule has 0 rings (SSSR count). The minimum absolute atomic E-state index is 0. The summed E-state index contributed by atoms with van der Waals surface area (Å²) in [5, 5.41) is 17.5. The Balaban J connectivity index is -0.000000168. The van der Waals surface area contributed by atoms with Gasteiger partial charge in [-0.05, 0) is 83.1 Å². The van der Waals surface area contributed by atoms with Crippen LogP contribution in [0.25, 0.3) is 0 Å². The maximum absolute atomic E-state index is 13.7. The summed E-state index contributed by atoms with van der Waals surface area (Å²) < 4.78 is 115. The van der Waals surface area contributed by atoms with Gasteiger partial charge in [-0.2, -0.15) is 0 Å². The van der Waals surface area contributed by atoms with Gasteiger partial charge in [0.1, 0.15) is 40.3 Å². The minimum atomic E-state index is -3.81. The lowest BCUT2D eigenvalue weighted by molar-refractivity contribution is -0.140. The van der Waals surface area contributed by atoms with Gasteiger partial charge in [-0.15, -0.1) is 12.4 Å². The van der Waals surface area contributed by atoms with Crippen molar-refractivity contribution in [3.63, 3.8) is 0 Å². The van der Waals surface area contributed by atoms with Crippen LogP contribution in [0.2, 0.25) is 0 Å². The van der Waals surface area contributed by atoms with Gasteiger partial charge in [-0.1, -0.05) is 7.43 Å². The zero-order valence-corrected chi connectivity index (χ0v) is 38.8. The second-order valence-electron chi connectivity index (χ2n) is 16.4. The van der Waals surface area contributed by atoms with Crippen molar-refractivity contribution >= 4 is 72.4 Å². The molecule has 0 radical (unpaired) electrons. The molecule has 0 bridgehead atoms. The van der Waals surface area contributed by atoms with E-state index in [4.69, 9.17) is 20.3 Å². The average molecular weight is 950 g/mol. The predicted octanol–water partition coefficient (Wildman–Crippen LogP) is 2.69. The highest BCUT2D eigenvalue weighted by molar-refractivity contribution is 7.89. The molecule has 9 N–H and O–H groups in total. The fourth-order valence-electron chi connectivity index (χ4n) is 3.41. The van der Waals surface area contributed by atoms with Gasteiger partial charge in [-0.25, -0.2) is 57.9 Å². The molecule has 4 amide bonds. The number of aliphatic carboxylic acids is 1. The number of carboxylic acids is 1. The molecule has 0 heterocycles. The Morgan fingerprint density at radius 3 is 1.08 bits per heavy atom. The number of nitrogens with one attached hydrogen (secondary N) is 4. The first-order valence-electron chi connectivity index (χ1n) is 16.6. The summed E-state index contributed by atoms with van der Waals surface area (Å²) in [5.41, 5.74) is -1.30. The lowest BCUT2D eigenvalue weighted by Gasteiger charge is -2.25. The van der Waals surface area contributed by atoms with E-state index in [0.29, 0.717) is 0 Å². The maximum atomic E-state index is 13.7. The van der Waals surface area contributed by atoms with Gasteiger partial charge < -0.3 is 30.9 Å². The fourth-order valence-corrected chi connectivity index (χ4v) is 4.43. The van der Waals surface area contributed by atoms with Gasteiger partial charge in [0.15, 0.2) is 0 Å². The zero-order chi connectivity index (χ0) is 47.0. The molecular weight excluding hydrogens is 881 g/mol. The molecule has 0 aromatic rings. The number of carboxylic acid groups (broad SMARTS) is 1. The van der Waals surface area contributed by atoms with Gasteiger partial charge in [0.2, 0.25) is 36.0 Å². The molecule has 59 heavy (non-hydrogen) atoms. The van der Waals surface area contributed by atoms with Crippen molar-refractivity contribution in [1.29, 1.82) is 0 Å². The standard InChI is InChI=1S/C12H23FN2O5S.C11H20FNO4.C7H15FN2O3S.CH5NO2S.CH4.ClH/c1-11(2,3)20-10(17)14-8(7-12(4,5)13)9(16)15-21(6,18)19;1-10(2,3)17-9(16)13-7(8(14)15)6-11(4,5)12;1-7(2,8)4-5(9)6(11)10-14(3,12)13;1-5(2,3)4;;/h8H,7H2,1-6H3,(H,14,17)(H,15,16);7H,6H2,1-5H3,(H,13,16)(H,14,15);5H,4,9H2,1-3H3,(H,10,11);1H3,(H2,2,3,4);1H4;1H. The third-order valence-corrected chi connectivity index (χ3v) is 6.13. The number of sulfonamides is 3. The van der Waals surface area contributed by atoms with Crippen LogP contribution < -0.4 is 31.0 Å². The molecule has 0 aliphatic heterocycles. The van der Waals surface area contributed by atoms with Crippen molar-refractivity contribution in [1.82, 2.24) is 20.1 Å². The third kappa shape index (κ3) is 56.9. The predicted molar refractivity (Wildman–Crippen MR) is 220 cm³/mol. The molecule has 0 aromatic carbocycles. The lowest BCUT2D eigenvalue weighted by atomic mass is 10.0. The summed E-state index contributed by atoms with van der Waals surface area (Å²) in [6.45, 7) is 17.3. The van der Waals surface area contributed by atoms with E-state index in [0.717, 1.165) is 18.8 Å². The van der Waals surface area contributed by atoms with Gasteiger partial charge >= 0.3 is 18.2 Å². The lowest BCUT2D eigenvalue weighted by Crippen LogP contribution is -2.51. The van der Waals surface area contributed by atoms with Crippen LogP contribution in [-0.2, 0) is 53.9 Å². The normalized spacial score (nSPS) is 13.6. The van der Waals surface area contributed by atoms with Crippen LogP contribution in [0.4, 0.5) is 22.8 Å². The van der Waals surface area contributed by atoms with Gasteiger partial charge in [0, 0.05) is 19.3 Å². The van der Waals surface area contributed by atoms with Crippen molar-refractivity contribution in [2.75, 3.05) is 18.8 Å².